The predicted octanol–water partition coefficient (Wildman–Crippen LogP) is 1.77. The van der Waals surface area contributed by atoms with Gasteiger partial charge < -0.3 is 14.3 Å². The van der Waals surface area contributed by atoms with Crippen LogP contribution in [0.15, 0.2) is 18.2 Å². The smallest absolute Gasteiger partial charge is 0.240 e. The lowest BCUT2D eigenvalue weighted by molar-refractivity contribution is -0.111. The molecule has 0 atom stereocenters. The first-order valence-corrected chi connectivity index (χ1v) is 5.51. The monoisotopic (exact) mass is 257 g/mol. The molecular weight excluding hydrogens is 246 g/mol. The molecule has 1 aliphatic rings. The molecule has 19 heavy (non-hydrogen) atoms. The fraction of sp³-hybridized carbons (Fsp3) is 0.214. The van der Waals surface area contributed by atoms with Gasteiger partial charge in [-0.05, 0) is 12.1 Å². The number of ether oxygens (including phenoxy) is 2. The average Bonchev–Trinajstić information content (AvgIpc) is 2.43. The third-order valence-corrected chi connectivity index (χ3v) is 2.89. The highest BCUT2D eigenvalue weighted by atomic mass is 16.5. The van der Waals surface area contributed by atoms with Crippen LogP contribution >= 0.6 is 0 Å². The molecule has 0 aromatic heterocycles. The summed E-state index contributed by atoms with van der Waals surface area (Å²) >= 11 is 0. The Morgan fingerprint density at radius 1 is 1.21 bits per heavy atom. The molecular formula is C14H11NO4. The molecule has 0 spiro atoms. The number of fused-ring (bicyclic) bond motifs is 1. The fourth-order valence-corrected chi connectivity index (χ4v) is 2.07. The highest BCUT2D eigenvalue weighted by Crippen LogP contribution is 2.40. The predicted molar refractivity (Wildman–Crippen MR) is 68.3 cm³/mol. The average molecular weight is 257 g/mol. The second kappa shape index (κ2) is 4.94. The number of hydrogen-bond donors (Lipinski definition) is 0. The van der Waals surface area contributed by atoms with E-state index in [1.165, 1.54) is 26.4 Å². The van der Waals surface area contributed by atoms with Gasteiger partial charge in [-0.1, -0.05) is 0 Å². The van der Waals surface area contributed by atoms with Crippen LogP contribution in [-0.4, -0.2) is 32.3 Å². The van der Waals surface area contributed by atoms with Gasteiger partial charge >= 0.3 is 0 Å². The quantitative estimate of drug-likeness (QED) is 0.611. The Hall–Kier alpha value is -2.61. The minimum absolute atomic E-state index is 0.00947. The van der Waals surface area contributed by atoms with Gasteiger partial charge in [-0.15, -0.1) is 0 Å². The number of allylic oxidation sites excluding steroid dienone is 1. The lowest BCUT2D eigenvalue weighted by Gasteiger charge is -2.18. The van der Waals surface area contributed by atoms with Crippen LogP contribution in [0.25, 0.3) is 10.4 Å². The highest BCUT2D eigenvalue weighted by Gasteiger charge is 2.31. The summed E-state index contributed by atoms with van der Waals surface area (Å²) in [5.74, 6) is -0.377. The summed E-state index contributed by atoms with van der Waals surface area (Å²) in [4.78, 5) is 26.7. The first-order valence-electron chi connectivity index (χ1n) is 5.51. The third kappa shape index (κ3) is 1.97. The molecule has 0 fully saturated rings. The molecule has 0 unspecified atom stereocenters. The summed E-state index contributed by atoms with van der Waals surface area (Å²) < 4.78 is 10.4. The van der Waals surface area contributed by atoms with Crippen LogP contribution < -0.4 is 9.47 Å². The van der Waals surface area contributed by atoms with Gasteiger partial charge in [0.2, 0.25) is 18.1 Å². The molecule has 0 heterocycles. The summed E-state index contributed by atoms with van der Waals surface area (Å²) in [6.07, 6.45) is 1.20. The molecule has 0 saturated carbocycles. The van der Waals surface area contributed by atoms with Crippen molar-refractivity contribution >= 4 is 17.1 Å². The van der Waals surface area contributed by atoms with Gasteiger partial charge in [0.25, 0.3) is 0 Å². The van der Waals surface area contributed by atoms with Crippen molar-refractivity contribution in [1.29, 1.82) is 0 Å². The van der Waals surface area contributed by atoms with Crippen molar-refractivity contribution in [3.05, 3.63) is 40.8 Å². The SMILES string of the molecule is [C-]#[N+]CC1=CC(=O)C(=O)c2ccc(OC)c(OC)c21. The number of Topliss-reactive ketones (excluding diaryl/α,β-unsaturated/α-hetero) is 1. The molecule has 96 valence electrons. The molecule has 0 amide bonds. The Bertz CT molecular complexity index is 638. The Labute approximate surface area is 110 Å². The largest absolute Gasteiger partial charge is 0.493 e. The van der Waals surface area contributed by atoms with E-state index in [1.54, 1.807) is 6.07 Å². The maximum atomic E-state index is 11.9. The van der Waals surface area contributed by atoms with E-state index >= 15 is 0 Å². The van der Waals surface area contributed by atoms with Crippen LogP contribution in [0.3, 0.4) is 0 Å². The van der Waals surface area contributed by atoms with Crippen molar-refractivity contribution in [2.24, 2.45) is 0 Å². The van der Waals surface area contributed by atoms with Crippen molar-refractivity contribution in [2.45, 2.75) is 0 Å². The Kier molecular flexibility index (Phi) is 3.34. The second-order valence-electron chi connectivity index (χ2n) is 3.90. The van der Waals surface area contributed by atoms with Crippen molar-refractivity contribution in [3.8, 4) is 11.5 Å². The van der Waals surface area contributed by atoms with E-state index in [1.807, 2.05) is 0 Å². The summed E-state index contributed by atoms with van der Waals surface area (Å²) in [7, 11) is 2.94. The molecule has 1 aromatic carbocycles. The number of carbonyl (C=O) groups excluding carboxylic acids is 2. The van der Waals surface area contributed by atoms with Crippen LogP contribution in [0.4, 0.5) is 0 Å². The summed E-state index contributed by atoms with van der Waals surface area (Å²) in [6.45, 7) is 6.95. The number of benzene rings is 1. The van der Waals surface area contributed by atoms with Gasteiger partial charge in [-0.3, -0.25) is 9.59 Å². The number of nitrogens with zero attached hydrogens (tertiary/aromatic N) is 1. The van der Waals surface area contributed by atoms with E-state index in [9.17, 15) is 9.59 Å². The summed E-state index contributed by atoms with van der Waals surface area (Å²) in [5, 5.41) is 0. The van der Waals surface area contributed by atoms with E-state index in [0.717, 1.165) is 0 Å². The second-order valence-corrected chi connectivity index (χ2v) is 3.90. The zero-order valence-corrected chi connectivity index (χ0v) is 10.5. The van der Waals surface area contributed by atoms with Crippen LogP contribution in [0.5, 0.6) is 11.5 Å². The molecule has 5 heteroatoms. The third-order valence-electron chi connectivity index (χ3n) is 2.89. The standard InChI is InChI=1S/C14H11NO4/c1-15-7-8-6-10(16)13(17)9-4-5-11(18-2)14(19-3)12(8)9/h4-6H,7H2,2-3H3. The lowest BCUT2D eigenvalue weighted by Crippen LogP contribution is -2.20. The maximum absolute atomic E-state index is 11.9. The molecule has 1 aromatic rings. The van der Waals surface area contributed by atoms with Gasteiger partial charge in [0, 0.05) is 22.8 Å². The zero-order chi connectivity index (χ0) is 14.0. The lowest BCUT2D eigenvalue weighted by atomic mass is 9.88. The number of hydrogen-bond acceptors (Lipinski definition) is 4. The van der Waals surface area contributed by atoms with Gasteiger partial charge in [0.05, 0.1) is 14.2 Å². The van der Waals surface area contributed by atoms with Gasteiger partial charge in [-0.2, -0.15) is 0 Å². The molecule has 2 rings (SSSR count). The van der Waals surface area contributed by atoms with Crippen LogP contribution in [-0.2, 0) is 4.79 Å². The molecule has 0 N–H and O–H groups in total. The number of methoxy groups -OCH3 is 2. The molecule has 0 aliphatic heterocycles. The topological polar surface area (TPSA) is 57.0 Å². The molecule has 5 nitrogen and oxygen atoms in total. The van der Waals surface area contributed by atoms with Crippen molar-refractivity contribution in [1.82, 2.24) is 0 Å². The molecule has 1 aliphatic carbocycles. The fourth-order valence-electron chi connectivity index (χ4n) is 2.07. The molecule has 0 radical (unpaired) electrons. The maximum Gasteiger partial charge on any atom is 0.240 e. The van der Waals surface area contributed by atoms with Gasteiger partial charge in [0.1, 0.15) is 0 Å². The minimum atomic E-state index is -0.613. The Morgan fingerprint density at radius 2 is 1.95 bits per heavy atom. The number of carbonyl (C=O) groups is 2. The van der Waals surface area contributed by atoms with Gasteiger partial charge in [0.15, 0.2) is 11.5 Å². The molecule has 0 saturated heterocycles. The van der Waals surface area contributed by atoms with E-state index in [4.69, 9.17) is 16.0 Å². The number of rotatable bonds is 3. The van der Waals surface area contributed by atoms with Crippen LogP contribution in [0, 0.1) is 6.57 Å². The first kappa shape index (κ1) is 12.8. The van der Waals surface area contributed by atoms with Crippen molar-refractivity contribution < 1.29 is 19.1 Å². The van der Waals surface area contributed by atoms with E-state index in [-0.39, 0.29) is 12.1 Å². The first-order chi connectivity index (χ1) is 9.13. The summed E-state index contributed by atoms with van der Waals surface area (Å²) in [6, 6.07) is 3.09. The van der Waals surface area contributed by atoms with E-state index in [0.29, 0.717) is 22.6 Å². The van der Waals surface area contributed by atoms with Crippen molar-refractivity contribution in [2.75, 3.05) is 20.8 Å². The van der Waals surface area contributed by atoms with Crippen LogP contribution in [0.2, 0.25) is 0 Å². The van der Waals surface area contributed by atoms with Crippen molar-refractivity contribution in [3.63, 3.8) is 0 Å². The summed E-state index contributed by atoms with van der Waals surface area (Å²) in [5.41, 5.74) is 1.21. The van der Waals surface area contributed by atoms with E-state index in [2.05, 4.69) is 4.85 Å². The molecule has 0 bridgehead atoms. The number of ketones is 2. The minimum Gasteiger partial charge on any atom is -0.493 e. The Morgan fingerprint density at radius 3 is 2.53 bits per heavy atom. The highest BCUT2D eigenvalue weighted by molar-refractivity contribution is 6.50. The van der Waals surface area contributed by atoms with E-state index < -0.39 is 11.6 Å². The van der Waals surface area contributed by atoms with Crippen LogP contribution in [0.1, 0.15) is 15.9 Å². The Balaban J connectivity index is 2.76. The zero-order valence-electron chi connectivity index (χ0n) is 10.5. The van der Waals surface area contributed by atoms with Gasteiger partial charge in [-0.25, -0.2) is 6.57 Å². The normalized spacial score (nSPS) is 13.4.